The number of oxazole rings is 1. The monoisotopic (exact) mass is 266 g/mol. The van der Waals surface area contributed by atoms with Gasteiger partial charge >= 0.3 is 0 Å². The zero-order valence-electron chi connectivity index (χ0n) is 10.9. The van der Waals surface area contributed by atoms with E-state index in [1.807, 2.05) is 36.7 Å². The van der Waals surface area contributed by atoms with Gasteiger partial charge in [0, 0.05) is 35.8 Å². The van der Waals surface area contributed by atoms with Crippen molar-refractivity contribution in [2.75, 3.05) is 5.32 Å². The second-order valence-corrected chi connectivity index (χ2v) is 4.31. The van der Waals surface area contributed by atoms with E-state index < -0.39 is 0 Å². The lowest BCUT2D eigenvalue weighted by atomic mass is 10.1. The van der Waals surface area contributed by atoms with Gasteiger partial charge in [-0.05, 0) is 12.1 Å². The van der Waals surface area contributed by atoms with E-state index in [0.29, 0.717) is 6.54 Å². The lowest BCUT2D eigenvalue weighted by Gasteiger charge is -2.06. The second-order valence-electron chi connectivity index (χ2n) is 4.31. The van der Waals surface area contributed by atoms with Crippen LogP contribution in [0.25, 0.3) is 17.5 Å². The van der Waals surface area contributed by atoms with Crippen LogP contribution in [0.4, 0.5) is 5.69 Å². The first-order chi connectivity index (χ1) is 9.85. The Morgan fingerprint density at radius 1 is 1.35 bits per heavy atom. The number of benzene rings is 1. The third kappa shape index (κ3) is 2.61. The fourth-order valence-electron chi connectivity index (χ4n) is 1.91. The van der Waals surface area contributed by atoms with Gasteiger partial charge in [-0.25, -0.2) is 9.67 Å². The lowest BCUT2D eigenvalue weighted by Crippen LogP contribution is -1.98. The van der Waals surface area contributed by atoms with E-state index in [1.165, 1.54) is 6.39 Å². The predicted molar refractivity (Wildman–Crippen MR) is 77.9 cm³/mol. The van der Waals surface area contributed by atoms with Gasteiger partial charge in [-0.15, -0.1) is 0 Å². The molecule has 20 heavy (non-hydrogen) atoms. The molecule has 0 aliphatic heterocycles. The van der Waals surface area contributed by atoms with Gasteiger partial charge in [-0.1, -0.05) is 18.7 Å². The number of hydrogen-bond acceptors (Lipinski definition) is 4. The fraction of sp³-hybridized carbons (Fsp3) is 0.0667. The highest BCUT2D eigenvalue weighted by Crippen LogP contribution is 2.22. The van der Waals surface area contributed by atoms with Crippen molar-refractivity contribution >= 4 is 11.9 Å². The first kappa shape index (κ1) is 12.2. The summed E-state index contributed by atoms with van der Waals surface area (Å²) in [5.41, 5.74) is 3.11. The molecule has 3 aromatic rings. The summed E-state index contributed by atoms with van der Waals surface area (Å²) in [6.07, 6.45) is 8.54. The highest BCUT2D eigenvalue weighted by atomic mass is 16.3. The van der Waals surface area contributed by atoms with Crippen LogP contribution in [0, 0.1) is 0 Å². The molecule has 5 nitrogen and oxygen atoms in total. The van der Waals surface area contributed by atoms with Crippen molar-refractivity contribution in [1.82, 2.24) is 14.8 Å². The molecule has 0 saturated heterocycles. The molecule has 2 aromatic heterocycles. The van der Waals surface area contributed by atoms with Gasteiger partial charge < -0.3 is 9.73 Å². The van der Waals surface area contributed by atoms with Crippen LogP contribution in [-0.2, 0) is 6.54 Å². The number of hydrogen-bond donors (Lipinski definition) is 1. The highest BCUT2D eigenvalue weighted by molar-refractivity contribution is 5.63. The molecular formula is C15H14N4O. The zero-order chi connectivity index (χ0) is 13.8. The molecule has 0 radical (unpaired) electrons. The molecule has 0 unspecified atom stereocenters. The minimum atomic E-state index is 0.702. The van der Waals surface area contributed by atoms with Crippen molar-refractivity contribution in [3.63, 3.8) is 0 Å². The van der Waals surface area contributed by atoms with Gasteiger partial charge in [-0.2, -0.15) is 5.10 Å². The van der Waals surface area contributed by atoms with Gasteiger partial charge in [0.25, 0.3) is 0 Å². The highest BCUT2D eigenvalue weighted by Gasteiger charge is 2.03. The van der Waals surface area contributed by atoms with E-state index in [2.05, 4.69) is 22.0 Å². The molecule has 0 aliphatic rings. The Labute approximate surface area is 116 Å². The Morgan fingerprint density at radius 2 is 2.30 bits per heavy atom. The molecule has 0 aliphatic carbocycles. The van der Waals surface area contributed by atoms with E-state index in [0.717, 1.165) is 22.6 Å². The van der Waals surface area contributed by atoms with Gasteiger partial charge in [0.1, 0.15) is 0 Å². The van der Waals surface area contributed by atoms with Crippen LogP contribution in [0.1, 0.15) is 5.56 Å². The summed E-state index contributed by atoms with van der Waals surface area (Å²) in [5, 5.41) is 7.49. The van der Waals surface area contributed by atoms with Crippen molar-refractivity contribution in [3.8, 4) is 11.3 Å². The molecule has 2 heterocycles. The summed E-state index contributed by atoms with van der Waals surface area (Å²) in [6.45, 7) is 4.37. The average Bonchev–Trinajstić information content (AvgIpc) is 3.17. The quantitative estimate of drug-likeness (QED) is 0.770. The molecule has 0 fully saturated rings. The lowest BCUT2D eigenvalue weighted by molar-refractivity contribution is 0.572. The van der Waals surface area contributed by atoms with Crippen LogP contribution in [0.3, 0.4) is 0 Å². The molecular weight excluding hydrogens is 252 g/mol. The average molecular weight is 266 g/mol. The van der Waals surface area contributed by atoms with Crippen molar-refractivity contribution < 1.29 is 4.42 Å². The molecule has 3 rings (SSSR count). The standard InChI is InChI=1S/C15H14N4O/c1-2-19-10-12(8-18-19)7-17-14-5-3-4-13(6-14)15-9-16-11-20-15/h2-6,8-11,17H,1,7H2. The SMILES string of the molecule is C=Cn1cc(CNc2cccc(-c3cnco3)c2)cn1. The Balaban J connectivity index is 1.71. The van der Waals surface area contributed by atoms with Gasteiger partial charge in [0.05, 0.1) is 12.4 Å². The second kappa shape index (κ2) is 5.44. The third-order valence-electron chi connectivity index (χ3n) is 2.92. The summed E-state index contributed by atoms with van der Waals surface area (Å²) in [5.74, 6) is 0.758. The van der Waals surface area contributed by atoms with E-state index >= 15 is 0 Å². The maximum absolute atomic E-state index is 5.29. The van der Waals surface area contributed by atoms with E-state index in [-0.39, 0.29) is 0 Å². The summed E-state index contributed by atoms with van der Waals surface area (Å²) < 4.78 is 6.97. The minimum Gasteiger partial charge on any atom is -0.444 e. The van der Waals surface area contributed by atoms with Crippen molar-refractivity contribution in [3.05, 3.63) is 61.4 Å². The van der Waals surface area contributed by atoms with Crippen LogP contribution < -0.4 is 5.32 Å². The summed E-state index contributed by atoms with van der Waals surface area (Å²) in [6, 6.07) is 8.00. The molecule has 0 saturated carbocycles. The summed E-state index contributed by atoms with van der Waals surface area (Å²) >= 11 is 0. The molecule has 0 spiro atoms. The molecule has 100 valence electrons. The van der Waals surface area contributed by atoms with Crippen LogP contribution in [0.2, 0.25) is 0 Å². The van der Waals surface area contributed by atoms with Crippen molar-refractivity contribution in [1.29, 1.82) is 0 Å². The van der Waals surface area contributed by atoms with Crippen LogP contribution in [0.15, 0.2) is 60.2 Å². The topological polar surface area (TPSA) is 55.9 Å². The number of nitrogens with one attached hydrogen (secondary N) is 1. The molecule has 0 bridgehead atoms. The number of rotatable bonds is 5. The number of nitrogens with zero attached hydrogens (tertiary/aromatic N) is 3. The first-order valence-electron chi connectivity index (χ1n) is 6.23. The largest absolute Gasteiger partial charge is 0.444 e. The molecule has 1 aromatic carbocycles. The van der Waals surface area contributed by atoms with E-state index in [1.54, 1.807) is 17.1 Å². The fourth-order valence-corrected chi connectivity index (χ4v) is 1.91. The normalized spacial score (nSPS) is 10.4. The van der Waals surface area contributed by atoms with Crippen LogP contribution >= 0.6 is 0 Å². The van der Waals surface area contributed by atoms with E-state index in [4.69, 9.17) is 4.42 Å². The van der Waals surface area contributed by atoms with Gasteiger partial charge in [0.15, 0.2) is 12.2 Å². The van der Waals surface area contributed by atoms with Crippen molar-refractivity contribution in [2.45, 2.75) is 6.54 Å². The Morgan fingerprint density at radius 3 is 3.05 bits per heavy atom. The van der Waals surface area contributed by atoms with Crippen LogP contribution in [0.5, 0.6) is 0 Å². The minimum absolute atomic E-state index is 0.702. The third-order valence-corrected chi connectivity index (χ3v) is 2.92. The molecule has 0 amide bonds. The van der Waals surface area contributed by atoms with Gasteiger partial charge in [0.2, 0.25) is 0 Å². The smallest absolute Gasteiger partial charge is 0.181 e. The Hall–Kier alpha value is -2.82. The Bertz CT molecular complexity index is 700. The maximum atomic E-state index is 5.29. The summed E-state index contributed by atoms with van der Waals surface area (Å²) in [7, 11) is 0. The number of anilines is 1. The Kier molecular flexibility index (Phi) is 3.33. The predicted octanol–water partition coefficient (Wildman–Crippen LogP) is 3.25. The zero-order valence-corrected chi connectivity index (χ0v) is 10.9. The van der Waals surface area contributed by atoms with Crippen molar-refractivity contribution in [2.24, 2.45) is 0 Å². The molecule has 0 atom stereocenters. The maximum Gasteiger partial charge on any atom is 0.181 e. The molecule has 5 heteroatoms. The first-order valence-corrected chi connectivity index (χ1v) is 6.23. The van der Waals surface area contributed by atoms with Crippen LogP contribution in [-0.4, -0.2) is 14.8 Å². The van der Waals surface area contributed by atoms with E-state index in [9.17, 15) is 0 Å². The number of aromatic nitrogens is 3. The molecule has 1 N–H and O–H groups in total. The summed E-state index contributed by atoms with van der Waals surface area (Å²) in [4.78, 5) is 3.93. The van der Waals surface area contributed by atoms with Gasteiger partial charge in [-0.3, -0.25) is 0 Å².